The quantitative estimate of drug-likeness (QED) is 0.898. The topological polar surface area (TPSA) is 41.6 Å². The van der Waals surface area contributed by atoms with Gasteiger partial charge in [-0.2, -0.15) is 0 Å². The summed E-state index contributed by atoms with van der Waals surface area (Å²) in [5.41, 5.74) is 2.25. The molecule has 0 aliphatic carbocycles. The molecule has 1 aromatic carbocycles. The summed E-state index contributed by atoms with van der Waals surface area (Å²) in [6, 6.07) is 8.67. The van der Waals surface area contributed by atoms with Gasteiger partial charge in [0.2, 0.25) is 5.91 Å². The Kier molecular flexibility index (Phi) is 5.01. The average molecular weight is 276 g/mol. The predicted octanol–water partition coefficient (Wildman–Crippen LogP) is 2.50. The lowest BCUT2D eigenvalue weighted by molar-refractivity contribution is -0.128. The van der Waals surface area contributed by atoms with Crippen molar-refractivity contribution in [2.75, 3.05) is 25.6 Å². The Morgan fingerprint density at radius 2 is 2.35 bits per heavy atom. The molecule has 0 saturated carbocycles. The van der Waals surface area contributed by atoms with E-state index >= 15 is 0 Å². The highest BCUT2D eigenvalue weighted by molar-refractivity contribution is 5.72. The molecule has 1 fully saturated rings. The summed E-state index contributed by atoms with van der Waals surface area (Å²) in [7, 11) is 1.82. The van der Waals surface area contributed by atoms with E-state index < -0.39 is 0 Å². The van der Waals surface area contributed by atoms with Crippen LogP contribution in [0.3, 0.4) is 0 Å². The number of carbonyl (C=O) groups excluding carboxylic acids is 1. The molecule has 1 saturated heterocycles. The molecule has 0 radical (unpaired) electrons. The fourth-order valence-electron chi connectivity index (χ4n) is 2.47. The zero-order valence-electron chi connectivity index (χ0n) is 12.6. The van der Waals surface area contributed by atoms with E-state index in [2.05, 4.69) is 24.4 Å². The predicted molar refractivity (Wildman–Crippen MR) is 80.6 cm³/mol. The van der Waals surface area contributed by atoms with Crippen LogP contribution in [0.25, 0.3) is 0 Å². The highest BCUT2D eigenvalue weighted by Crippen LogP contribution is 2.21. The van der Waals surface area contributed by atoms with E-state index in [-0.39, 0.29) is 5.91 Å². The Balaban J connectivity index is 1.96. The van der Waals surface area contributed by atoms with Gasteiger partial charge >= 0.3 is 0 Å². The molecule has 1 amide bonds. The number of amides is 1. The number of hydrogen-bond acceptors (Lipinski definition) is 3. The van der Waals surface area contributed by atoms with Crippen molar-refractivity contribution < 1.29 is 9.53 Å². The van der Waals surface area contributed by atoms with E-state index in [1.807, 2.05) is 19.2 Å². The van der Waals surface area contributed by atoms with Crippen LogP contribution in [0.1, 0.15) is 25.8 Å². The van der Waals surface area contributed by atoms with Gasteiger partial charge in [-0.05, 0) is 31.0 Å². The third kappa shape index (κ3) is 3.97. The minimum Gasteiger partial charge on any atom is -0.382 e. The maximum absolute atomic E-state index is 11.3. The number of nitrogens with one attached hydrogen (secondary N) is 1. The van der Waals surface area contributed by atoms with Gasteiger partial charge < -0.3 is 15.0 Å². The van der Waals surface area contributed by atoms with Gasteiger partial charge in [-0.1, -0.05) is 12.1 Å². The third-order valence-electron chi connectivity index (χ3n) is 3.95. The molecule has 1 aliphatic rings. The first kappa shape index (κ1) is 14.9. The van der Waals surface area contributed by atoms with Crippen LogP contribution >= 0.6 is 0 Å². The van der Waals surface area contributed by atoms with Gasteiger partial charge in [-0.15, -0.1) is 0 Å². The van der Waals surface area contributed by atoms with Crippen LogP contribution in [0, 0.1) is 5.92 Å². The second-order valence-corrected chi connectivity index (χ2v) is 5.63. The van der Waals surface area contributed by atoms with E-state index in [1.54, 1.807) is 11.8 Å². The number of carbonyl (C=O) groups is 1. The fourth-order valence-corrected chi connectivity index (χ4v) is 2.47. The highest BCUT2D eigenvalue weighted by Gasteiger charge is 2.22. The van der Waals surface area contributed by atoms with E-state index in [0.717, 1.165) is 30.9 Å². The van der Waals surface area contributed by atoms with Gasteiger partial charge in [0.15, 0.2) is 0 Å². The Morgan fingerprint density at radius 1 is 1.55 bits per heavy atom. The molecule has 4 nitrogen and oxygen atoms in total. The van der Waals surface area contributed by atoms with E-state index in [1.165, 1.54) is 0 Å². The molecular weight excluding hydrogens is 252 g/mol. The van der Waals surface area contributed by atoms with Gasteiger partial charge in [-0.25, -0.2) is 0 Å². The van der Waals surface area contributed by atoms with Crippen LogP contribution in [-0.4, -0.2) is 37.1 Å². The lowest BCUT2D eigenvalue weighted by atomic mass is 10.0. The normalized spacial score (nSPS) is 19.6. The van der Waals surface area contributed by atoms with E-state index in [9.17, 15) is 4.79 Å². The van der Waals surface area contributed by atoms with Gasteiger partial charge in [0.25, 0.3) is 0 Å². The number of benzene rings is 1. The van der Waals surface area contributed by atoms with Crippen LogP contribution in [0.5, 0.6) is 0 Å². The number of ether oxygens (including phenoxy) is 1. The van der Waals surface area contributed by atoms with Crippen molar-refractivity contribution in [2.24, 2.45) is 5.92 Å². The first-order valence-electron chi connectivity index (χ1n) is 7.21. The summed E-state index contributed by atoms with van der Waals surface area (Å²) in [5, 5.41) is 3.54. The number of nitrogens with zero attached hydrogens (tertiary/aromatic N) is 1. The summed E-state index contributed by atoms with van der Waals surface area (Å²) >= 11 is 0. The summed E-state index contributed by atoms with van der Waals surface area (Å²) in [5.74, 6) is 0.665. The van der Waals surface area contributed by atoms with Crippen LogP contribution < -0.4 is 5.32 Å². The molecule has 1 aromatic rings. The van der Waals surface area contributed by atoms with Gasteiger partial charge in [0, 0.05) is 44.8 Å². The largest absolute Gasteiger partial charge is 0.382 e. The van der Waals surface area contributed by atoms with Crippen molar-refractivity contribution in [1.29, 1.82) is 0 Å². The van der Waals surface area contributed by atoms with Gasteiger partial charge in [0.1, 0.15) is 0 Å². The average Bonchev–Trinajstić information content (AvgIpc) is 2.92. The van der Waals surface area contributed by atoms with Crippen molar-refractivity contribution in [3.05, 3.63) is 29.8 Å². The van der Waals surface area contributed by atoms with Crippen molar-refractivity contribution in [3.63, 3.8) is 0 Å². The Hall–Kier alpha value is -1.55. The number of anilines is 1. The summed E-state index contributed by atoms with van der Waals surface area (Å²) in [6.07, 6.45) is 1.13. The van der Waals surface area contributed by atoms with Crippen molar-refractivity contribution in [1.82, 2.24) is 4.90 Å². The zero-order chi connectivity index (χ0) is 14.5. The molecule has 1 heterocycles. The number of rotatable bonds is 5. The van der Waals surface area contributed by atoms with Crippen LogP contribution in [0.2, 0.25) is 0 Å². The summed E-state index contributed by atoms with van der Waals surface area (Å²) in [4.78, 5) is 13.0. The lowest BCUT2D eigenvalue weighted by Crippen LogP contribution is -2.26. The monoisotopic (exact) mass is 276 g/mol. The van der Waals surface area contributed by atoms with Crippen molar-refractivity contribution in [3.8, 4) is 0 Å². The maximum Gasteiger partial charge on any atom is 0.219 e. The highest BCUT2D eigenvalue weighted by atomic mass is 16.5. The first-order chi connectivity index (χ1) is 9.56. The molecule has 0 bridgehead atoms. The SMILES string of the molecule is CC(=O)N(C)Cc1cccc(NC(C)C2CCOC2)c1. The molecule has 110 valence electrons. The molecule has 1 N–H and O–H groups in total. The minimum absolute atomic E-state index is 0.0832. The first-order valence-corrected chi connectivity index (χ1v) is 7.21. The molecule has 1 aliphatic heterocycles. The number of hydrogen-bond donors (Lipinski definition) is 1. The summed E-state index contributed by atoms with van der Waals surface area (Å²) in [6.45, 7) is 6.16. The van der Waals surface area contributed by atoms with Crippen LogP contribution in [0.15, 0.2) is 24.3 Å². The second kappa shape index (κ2) is 6.75. The Bertz CT molecular complexity index is 456. The van der Waals surface area contributed by atoms with E-state index in [4.69, 9.17) is 4.74 Å². The molecule has 0 aromatic heterocycles. The fraction of sp³-hybridized carbons (Fsp3) is 0.562. The zero-order valence-corrected chi connectivity index (χ0v) is 12.6. The molecule has 20 heavy (non-hydrogen) atoms. The molecular formula is C16H24N2O2. The smallest absolute Gasteiger partial charge is 0.219 e. The molecule has 0 spiro atoms. The van der Waals surface area contributed by atoms with Crippen molar-refractivity contribution >= 4 is 11.6 Å². The van der Waals surface area contributed by atoms with Crippen molar-refractivity contribution in [2.45, 2.75) is 32.9 Å². The molecule has 2 unspecified atom stereocenters. The van der Waals surface area contributed by atoms with Gasteiger partial charge in [-0.3, -0.25) is 4.79 Å². The van der Waals surface area contributed by atoms with E-state index in [0.29, 0.717) is 18.5 Å². The lowest BCUT2D eigenvalue weighted by Gasteiger charge is -2.21. The van der Waals surface area contributed by atoms with Gasteiger partial charge in [0.05, 0.1) is 6.61 Å². The standard InChI is InChI=1S/C16H24N2O2/c1-12(15-7-8-20-11-15)17-16-6-4-5-14(9-16)10-18(3)13(2)19/h4-6,9,12,15,17H,7-8,10-11H2,1-3H3. The van der Waals surface area contributed by atoms with Crippen LogP contribution in [0.4, 0.5) is 5.69 Å². The second-order valence-electron chi connectivity index (χ2n) is 5.63. The molecule has 4 heteroatoms. The Labute approximate surface area is 121 Å². The Morgan fingerprint density at radius 3 is 3.00 bits per heavy atom. The maximum atomic E-state index is 11.3. The minimum atomic E-state index is 0.0832. The van der Waals surface area contributed by atoms with Crippen LogP contribution in [-0.2, 0) is 16.1 Å². The molecule has 2 rings (SSSR count). The third-order valence-corrected chi connectivity index (χ3v) is 3.95. The summed E-state index contributed by atoms with van der Waals surface area (Å²) < 4.78 is 5.43. The molecule has 2 atom stereocenters.